The molecule has 0 bridgehead atoms. The van der Waals surface area contributed by atoms with Crippen molar-refractivity contribution >= 4 is 36.0 Å². The molecule has 1 aromatic rings. The number of nitrogens with one attached hydrogen (secondary N) is 3. The van der Waals surface area contributed by atoms with Gasteiger partial charge in [-0.05, 0) is 46.6 Å². The lowest BCUT2D eigenvalue weighted by molar-refractivity contribution is 0.0529. The van der Waals surface area contributed by atoms with Gasteiger partial charge < -0.3 is 20.7 Å². The van der Waals surface area contributed by atoms with Crippen molar-refractivity contribution in [1.82, 2.24) is 25.7 Å². The zero-order valence-electron chi connectivity index (χ0n) is 17.5. The number of amides is 1. The molecule has 1 amide bonds. The van der Waals surface area contributed by atoms with E-state index in [0.29, 0.717) is 25.0 Å². The number of aryl methyl sites for hydroxylation is 2. The van der Waals surface area contributed by atoms with Gasteiger partial charge in [-0.25, -0.2) is 4.79 Å². The van der Waals surface area contributed by atoms with Crippen molar-refractivity contribution < 1.29 is 9.53 Å². The molecule has 0 aliphatic rings. The van der Waals surface area contributed by atoms with Gasteiger partial charge in [-0.15, -0.1) is 24.0 Å². The van der Waals surface area contributed by atoms with Gasteiger partial charge in [0.25, 0.3) is 0 Å². The molecule has 1 unspecified atom stereocenters. The topological polar surface area (TPSA) is 92.6 Å². The second-order valence-corrected chi connectivity index (χ2v) is 7.52. The van der Waals surface area contributed by atoms with Crippen LogP contribution in [0, 0.1) is 19.8 Å². The summed E-state index contributed by atoms with van der Waals surface area (Å²) in [4.78, 5) is 15.8. The maximum Gasteiger partial charge on any atom is 0.407 e. The molecule has 0 saturated carbocycles. The van der Waals surface area contributed by atoms with Crippen molar-refractivity contribution in [2.75, 3.05) is 26.7 Å². The van der Waals surface area contributed by atoms with Gasteiger partial charge in [-0.3, -0.25) is 9.67 Å². The molecule has 0 aliphatic heterocycles. The molecule has 156 valence electrons. The van der Waals surface area contributed by atoms with Crippen molar-refractivity contribution in [3.8, 4) is 0 Å². The van der Waals surface area contributed by atoms with Crippen LogP contribution in [-0.4, -0.2) is 54.1 Å². The lowest BCUT2D eigenvalue weighted by Gasteiger charge is -2.20. The van der Waals surface area contributed by atoms with Crippen LogP contribution in [0.1, 0.15) is 39.1 Å². The van der Waals surface area contributed by atoms with Gasteiger partial charge in [-0.1, -0.05) is 6.92 Å². The SMILES string of the molecule is CN=C(NCCNC(=O)OC(C)(C)C)NCC(C)Cn1nc(C)cc1C.I. The van der Waals surface area contributed by atoms with E-state index in [0.717, 1.165) is 18.8 Å². The third kappa shape index (κ3) is 11.0. The van der Waals surface area contributed by atoms with Crippen molar-refractivity contribution in [1.29, 1.82) is 0 Å². The van der Waals surface area contributed by atoms with Crippen molar-refractivity contribution in [3.05, 3.63) is 17.5 Å². The number of nitrogens with zero attached hydrogens (tertiary/aromatic N) is 3. The first-order valence-corrected chi connectivity index (χ1v) is 9.03. The number of rotatable bonds is 7. The number of alkyl carbamates (subject to hydrolysis) is 1. The molecule has 1 aromatic heterocycles. The number of carbonyl (C=O) groups is 1. The predicted molar refractivity (Wildman–Crippen MR) is 120 cm³/mol. The highest BCUT2D eigenvalue weighted by atomic mass is 127. The molecule has 9 heteroatoms. The average Bonchev–Trinajstić information content (AvgIpc) is 2.82. The van der Waals surface area contributed by atoms with Crippen LogP contribution in [0.25, 0.3) is 0 Å². The molecule has 0 aliphatic carbocycles. The van der Waals surface area contributed by atoms with Crippen LogP contribution in [-0.2, 0) is 11.3 Å². The Morgan fingerprint density at radius 1 is 1.26 bits per heavy atom. The first kappa shape index (κ1) is 25.5. The summed E-state index contributed by atoms with van der Waals surface area (Å²) in [5, 5.41) is 13.7. The fourth-order valence-corrected chi connectivity index (χ4v) is 2.37. The Labute approximate surface area is 179 Å². The number of guanidine groups is 1. The number of ether oxygens (including phenoxy) is 1. The van der Waals surface area contributed by atoms with E-state index in [4.69, 9.17) is 4.74 Å². The predicted octanol–water partition coefficient (Wildman–Crippen LogP) is 2.44. The van der Waals surface area contributed by atoms with E-state index in [9.17, 15) is 4.79 Å². The molecule has 1 atom stereocenters. The zero-order chi connectivity index (χ0) is 19.7. The van der Waals surface area contributed by atoms with Gasteiger partial charge in [0.05, 0.1) is 5.69 Å². The highest BCUT2D eigenvalue weighted by Crippen LogP contribution is 2.06. The van der Waals surface area contributed by atoms with Gasteiger partial charge in [0.15, 0.2) is 5.96 Å². The summed E-state index contributed by atoms with van der Waals surface area (Å²) in [6.45, 7) is 14.4. The largest absolute Gasteiger partial charge is 0.444 e. The summed E-state index contributed by atoms with van der Waals surface area (Å²) in [5.41, 5.74) is 1.72. The smallest absolute Gasteiger partial charge is 0.407 e. The van der Waals surface area contributed by atoms with E-state index >= 15 is 0 Å². The van der Waals surface area contributed by atoms with Crippen LogP contribution in [0.4, 0.5) is 4.79 Å². The summed E-state index contributed by atoms with van der Waals surface area (Å²) >= 11 is 0. The van der Waals surface area contributed by atoms with Crippen molar-refractivity contribution in [2.45, 2.75) is 53.7 Å². The summed E-state index contributed by atoms with van der Waals surface area (Å²) in [6.07, 6.45) is -0.416. The standard InChI is InChI=1S/C18H34N6O2.HI/c1-13(12-24-15(3)10-14(2)23-24)11-22-16(19-7)20-8-9-21-17(25)26-18(4,5)6;/h10,13H,8-9,11-12H2,1-7H3,(H,21,25)(H2,19,20,22);1H. The molecule has 8 nitrogen and oxygen atoms in total. The Kier molecular flexibility index (Phi) is 11.4. The van der Waals surface area contributed by atoms with Crippen molar-refractivity contribution in [2.24, 2.45) is 10.9 Å². The minimum Gasteiger partial charge on any atom is -0.444 e. The molecule has 0 spiro atoms. The Balaban J connectivity index is 0.00000676. The van der Waals surface area contributed by atoms with E-state index in [1.54, 1.807) is 7.05 Å². The highest BCUT2D eigenvalue weighted by molar-refractivity contribution is 14.0. The van der Waals surface area contributed by atoms with Crippen LogP contribution in [0.2, 0.25) is 0 Å². The summed E-state index contributed by atoms with van der Waals surface area (Å²) < 4.78 is 7.22. The number of aromatic nitrogens is 2. The number of hydrogen-bond donors (Lipinski definition) is 3. The van der Waals surface area contributed by atoms with Crippen LogP contribution >= 0.6 is 24.0 Å². The Morgan fingerprint density at radius 3 is 2.41 bits per heavy atom. The van der Waals surface area contributed by atoms with Crippen LogP contribution < -0.4 is 16.0 Å². The molecular formula is C18H35IN6O2. The van der Waals surface area contributed by atoms with E-state index in [2.05, 4.69) is 46.0 Å². The van der Waals surface area contributed by atoms with E-state index in [1.807, 2.05) is 32.4 Å². The second kappa shape index (κ2) is 12.0. The third-order valence-corrected chi connectivity index (χ3v) is 3.52. The highest BCUT2D eigenvalue weighted by Gasteiger charge is 2.15. The van der Waals surface area contributed by atoms with Crippen LogP contribution in [0.15, 0.2) is 11.1 Å². The first-order valence-electron chi connectivity index (χ1n) is 9.03. The lowest BCUT2D eigenvalue weighted by Crippen LogP contribution is -2.43. The molecule has 27 heavy (non-hydrogen) atoms. The number of aliphatic imine (C=N–C) groups is 1. The maximum absolute atomic E-state index is 11.6. The second-order valence-electron chi connectivity index (χ2n) is 7.52. The van der Waals surface area contributed by atoms with Crippen molar-refractivity contribution in [3.63, 3.8) is 0 Å². The summed E-state index contributed by atoms with van der Waals surface area (Å²) in [7, 11) is 1.72. The Bertz CT molecular complexity index is 609. The molecule has 1 heterocycles. The normalized spacial score (nSPS) is 12.8. The fourth-order valence-electron chi connectivity index (χ4n) is 2.37. The Morgan fingerprint density at radius 2 is 1.89 bits per heavy atom. The lowest BCUT2D eigenvalue weighted by atomic mass is 10.2. The monoisotopic (exact) mass is 494 g/mol. The number of halogens is 1. The molecule has 0 radical (unpaired) electrons. The minimum absolute atomic E-state index is 0. The summed E-state index contributed by atoms with van der Waals surface area (Å²) in [5.74, 6) is 1.10. The quantitative estimate of drug-likeness (QED) is 0.235. The van der Waals surface area contributed by atoms with Gasteiger partial charge in [-0.2, -0.15) is 5.10 Å². The van der Waals surface area contributed by atoms with E-state index < -0.39 is 11.7 Å². The first-order chi connectivity index (χ1) is 12.1. The van der Waals surface area contributed by atoms with Crippen LogP contribution in [0.3, 0.4) is 0 Å². The summed E-state index contributed by atoms with van der Waals surface area (Å²) in [6, 6.07) is 2.08. The van der Waals surface area contributed by atoms with Gasteiger partial charge in [0, 0.05) is 38.9 Å². The Hall–Kier alpha value is -1.52. The average molecular weight is 494 g/mol. The minimum atomic E-state index is -0.489. The molecule has 0 aromatic carbocycles. The van der Waals surface area contributed by atoms with Gasteiger partial charge in [0.2, 0.25) is 0 Å². The van der Waals surface area contributed by atoms with E-state index in [-0.39, 0.29) is 24.0 Å². The molecule has 0 saturated heterocycles. The molecule has 3 N–H and O–H groups in total. The third-order valence-electron chi connectivity index (χ3n) is 3.52. The maximum atomic E-state index is 11.6. The number of hydrogen-bond acceptors (Lipinski definition) is 4. The fraction of sp³-hybridized carbons (Fsp3) is 0.722. The van der Waals surface area contributed by atoms with Crippen LogP contribution in [0.5, 0.6) is 0 Å². The van der Waals surface area contributed by atoms with Gasteiger partial charge in [0.1, 0.15) is 5.60 Å². The molecule has 1 rings (SSSR count). The van der Waals surface area contributed by atoms with Gasteiger partial charge >= 0.3 is 6.09 Å². The molecular weight excluding hydrogens is 459 g/mol. The zero-order valence-corrected chi connectivity index (χ0v) is 19.9. The molecule has 0 fully saturated rings. The van der Waals surface area contributed by atoms with E-state index in [1.165, 1.54) is 5.69 Å². The number of carbonyl (C=O) groups excluding carboxylic acids is 1.